The highest BCUT2D eigenvalue weighted by Crippen LogP contribution is 2.29. The molecule has 1 atom stereocenters. The van der Waals surface area contributed by atoms with E-state index in [9.17, 15) is 18.0 Å². The van der Waals surface area contributed by atoms with Crippen molar-refractivity contribution < 1.29 is 18.0 Å². The molecule has 0 radical (unpaired) electrons. The van der Waals surface area contributed by atoms with E-state index in [0.717, 1.165) is 26.2 Å². The zero-order chi connectivity index (χ0) is 30.3. The lowest BCUT2D eigenvalue weighted by Crippen LogP contribution is -2.53. The summed E-state index contributed by atoms with van der Waals surface area (Å²) in [4.78, 5) is 29.2. The quantitative estimate of drug-likeness (QED) is 0.245. The summed E-state index contributed by atoms with van der Waals surface area (Å²) in [6, 6.07) is 18.4. The van der Waals surface area contributed by atoms with E-state index in [4.69, 9.17) is 23.2 Å². The Bertz CT molecular complexity index is 1470. The zero-order valence-electron chi connectivity index (χ0n) is 23.4. The first-order valence-electron chi connectivity index (χ1n) is 13.1. The fraction of sp³-hybridized carbons (Fsp3) is 0.333. The number of carbonyl (C=O) groups is 2. The van der Waals surface area contributed by atoms with Crippen molar-refractivity contribution in [2.45, 2.75) is 39.8 Å². The van der Waals surface area contributed by atoms with E-state index in [1.165, 1.54) is 4.90 Å². The van der Waals surface area contributed by atoms with Crippen LogP contribution in [-0.2, 0) is 32.6 Å². The fourth-order valence-electron chi connectivity index (χ4n) is 4.23. The van der Waals surface area contributed by atoms with Gasteiger partial charge in [-0.25, -0.2) is 8.42 Å². The van der Waals surface area contributed by atoms with Crippen molar-refractivity contribution in [3.05, 3.63) is 97.9 Å². The third-order valence-corrected chi connectivity index (χ3v) is 9.19. The number of anilines is 1. The molecule has 3 aromatic carbocycles. The number of amides is 2. The number of halogens is 3. The molecule has 0 unspecified atom stereocenters. The Morgan fingerprint density at radius 2 is 1.61 bits per heavy atom. The van der Waals surface area contributed by atoms with Gasteiger partial charge in [0, 0.05) is 39.6 Å². The van der Waals surface area contributed by atoms with Crippen LogP contribution < -0.4 is 9.62 Å². The van der Waals surface area contributed by atoms with Crippen LogP contribution in [0.15, 0.2) is 71.2 Å². The van der Waals surface area contributed by atoms with Gasteiger partial charge in [0.15, 0.2) is 0 Å². The van der Waals surface area contributed by atoms with Crippen molar-refractivity contribution in [2.24, 2.45) is 5.92 Å². The Hall–Kier alpha value is -2.59. The van der Waals surface area contributed by atoms with Crippen LogP contribution in [0.25, 0.3) is 0 Å². The minimum Gasteiger partial charge on any atom is -0.354 e. The lowest BCUT2D eigenvalue weighted by Gasteiger charge is -2.34. The lowest BCUT2D eigenvalue weighted by molar-refractivity contribution is -0.140. The third kappa shape index (κ3) is 9.20. The minimum atomic E-state index is -3.87. The Labute approximate surface area is 261 Å². The summed E-state index contributed by atoms with van der Waals surface area (Å²) >= 11 is 16.4. The van der Waals surface area contributed by atoms with E-state index in [1.807, 2.05) is 51.1 Å². The van der Waals surface area contributed by atoms with Crippen LogP contribution in [0, 0.1) is 12.8 Å². The molecule has 0 aliphatic carbocycles. The van der Waals surface area contributed by atoms with Crippen LogP contribution in [0.5, 0.6) is 0 Å². The lowest BCUT2D eigenvalue weighted by atomic mass is 10.0. The highest BCUT2D eigenvalue weighted by Gasteiger charge is 2.34. The topological polar surface area (TPSA) is 86.8 Å². The molecule has 0 saturated heterocycles. The second-order valence-electron chi connectivity index (χ2n) is 10.3. The van der Waals surface area contributed by atoms with Crippen LogP contribution >= 0.6 is 39.1 Å². The average molecular weight is 683 g/mol. The summed E-state index contributed by atoms with van der Waals surface area (Å²) in [5.41, 5.74) is 2.44. The molecule has 41 heavy (non-hydrogen) atoms. The van der Waals surface area contributed by atoms with Crippen molar-refractivity contribution in [2.75, 3.05) is 23.7 Å². The van der Waals surface area contributed by atoms with Crippen molar-refractivity contribution in [3.63, 3.8) is 0 Å². The minimum absolute atomic E-state index is 0.0963. The Morgan fingerprint density at radius 1 is 0.976 bits per heavy atom. The molecular formula is C30H34BrCl2N3O4S. The molecule has 7 nitrogen and oxygen atoms in total. The molecule has 220 valence electrons. The van der Waals surface area contributed by atoms with Crippen molar-refractivity contribution in [3.8, 4) is 0 Å². The largest absolute Gasteiger partial charge is 0.354 e. The van der Waals surface area contributed by atoms with Crippen LogP contribution in [0.1, 0.15) is 30.5 Å². The Kier molecular flexibility index (Phi) is 11.7. The van der Waals surface area contributed by atoms with Crippen molar-refractivity contribution in [1.29, 1.82) is 0 Å². The van der Waals surface area contributed by atoms with E-state index >= 15 is 0 Å². The number of carbonyl (C=O) groups excluding carboxylic acids is 2. The van der Waals surface area contributed by atoms with Gasteiger partial charge in [0.05, 0.1) is 11.9 Å². The summed E-state index contributed by atoms with van der Waals surface area (Å²) in [5.74, 6) is -0.753. The summed E-state index contributed by atoms with van der Waals surface area (Å²) in [6.45, 7) is 5.57. The molecule has 0 heterocycles. The van der Waals surface area contributed by atoms with Gasteiger partial charge in [-0.05, 0) is 54.3 Å². The SMILES string of the molecule is Cc1cc(N(CC(=O)N(Cc2c(Cl)cccc2Cl)[C@H](Cc2ccccc2)C(=O)NCC(C)C)S(C)(=O)=O)ccc1Br. The molecule has 3 rings (SSSR count). The molecule has 3 aromatic rings. The average Bonchev–Trinajstić information content (AvgIpc) is 2.90. The first-order chi connectivity index (χ1) is 19.3. The molecule has 1 N–H and O–H groups in total. The van der Waals surface area contributed by atoms with Gasteiger partial charge in [-0.2, -0.15) is 0 Å². The number of sulfonamides is 1. The Balaban J connectivity index is 2.10. The number of aryl methyl sites for hydroxylation is 1. The van der Waals surface area contributed by atoms with E-state index < -0.39 is 28.5 Å². The second kappa shape index (κ2) is 14.5. The highest BCUT2D eigenvalue weighted by molar-refractivity contribution is 9.10. The molecule has 0 fully saturated rings. The molecular weight excluding hydrogens is 649 g/mol. The predicted octanol–water partition coefficient (Wildman–Crippen LogP) is 6.24. The normalized spacial score (nSPS) is 12.2. The Morgan fingerprint density at radius 3 is 2.17 bits per heavy atom. The molecule has 2 amide bonds. The van der Waals surface area contributed by atoms with Gasteiger partial charge in [-0.3, -0.25) is 13.9 Å². The predicted molar refractivity (Wildman–Crippen MR) is 170 cm³/mol. The molecule has 0 aliphatic heterocycles. The summed E-state index contributed by atoms with van der Waals surface area (Å²) in [6.07, 6.45) is 1.25. The van der Waals surface area contributed by atoms with Gasteiger partial charge in [0.1, 0.15) is 12.6 Å². The van der Waals surface area contributed by atoms with Gasteiger partial charge in [-0.15, -0.1) is 0 Å². The van der Waals surface area contributed by atoms with Gasteiger partial charge in [0.2, 0.25) is 21.8 Å². The number of benzene rings is 3. The molecule has 0 spiro atoms. The van der Waals surface area contributed by atoms with Crippen LogP contribution in [0.2, 0.25) is 10.0 Å². The van der Waals surface area contributed by atoms with Crippen LogP contribution in [0.4, 0.5) is 5.69 Å². The first-order valence-corrected chi connectivity index (χ1v) is 16.5. The maximum absolute atomic E-state index is 14.2. The van der Waals surface area contributed by atoms with E-state index in [2.05, 4.69) is 21.2 Å². The van der Waals surface area contributed by atoms with E-state index in [1.54, 1.807) is 36.4 Å². The summed E-state index contributed by atoms with van der Waals surface area (Å²) in [7, 11) is -3.87. The van der Waals surface area contributed by atoms with E-state index in [-0.39, 0.29) is 24.8 Å². The van der Waals surface area contributed by atoms with Crippen LogP contribution in [0.3, 0.4) is 0 Å². The van der Waals surface area contributed by atoms with Gasteiger partial charge in [-0.1, -0.05) is 89.4 Å². The molecule has 0 aliphatic rings. The number of hydrogen-bond donors (Lipinski definition) is 1. The molecule has 0 aromatic heterocycles. The number of nitrogens with zero attached hydrogens (tertiary/aromatic N) is 2. The van der Waals surface area contributed by atoms with Gasteiger partial charge < -0.3 is 10.2 Å². The number of nitrogens with one attached hydrogen (secondary N) is 1. The van der Waals surface area contributed by atoms with Crippen LogP contribution in [-0.4, -0.2) is 50.5 Å². The number of hydrogen-bond acceptors (Lipinski definition) is 4. The molecule has 0 saturated carbocycles. The zero-order valence-corrected chi connectivity index (χ0v) is 27.3. The molecule has 0 bridgehead atoms. The van der Waals surface area contributed by atoms with Gasteiger partial charge in [0.25, 0.3) is 0 Å². The third-order valence-electron chi connectivity index (χ3n) is 6.45. The van der Waals surface area contributed by atoms with Gasteiger partial charge >= 0.3 is 0 Å². The smallest absolute Gasteiger partial charge is 0.244 e. The standard InChI is InChI=1S/C30H34BrCl2N3O4S/c1-20(2)17-34-30(38)28(16-22-9-6-5-7-10-22)35(18-24-26(32)11-8-12-27(24)33)29(37)19-36(41(4,39)40)23-13-14-25(31)21(3)15-23/h5-15,20,28H,16-19H2,1-4H3,(H,34,38)/t28-/m1/s1. The van der Waals surface area contributed by atoms with E-state index in [0.29, 0.717) is 27.8 Å². The maximum atomic E-state index is 14.2. The van der Waals surface area contributed by atoms with Crippen molar-refractivity contribution >= 4 is 66.7 Å². The van der Waals surface area contributed by atoms with Crippen molar-refractivity contribution in [1.82, 2.24) is 10.2 Å². The summed E-state index contributed by atoms with van der Waals surface area (Å²) < 4.78 is 27.7. The monoisotopic (exact) mass is 681 g/mol. The second-order valence-corrected chi connectivity index (χ2v) is 13.8. The number of rotatable bonds is 12. The highest BCUT2D eigenvalue weighted by atomic mass is 79.9. The summed E-state index contributed by atoms with van der Waals surface area (Å²) in [5, 5.41) is 3.61. The molecule has 11 heteroatoms. The maximum Gasteiger partial charge on any atom is 0.244 e. The first kappa shape index (κ1) is 32.9. The fourth-order valence-corrected chi connectivity index (χ4v) is 5.83.